The van der Waals surface area contributed by atoms with E-state index in [1.54, 1.807) is 0 Å². The van der Waals surface area contributed by atoms with Gasteiger partial charge in [0, 0.05) is 25.4 Å². The first kappa shape index (κ1) is 12.3. The molecule has 1 fully saturated rings. The average Bonchev–Trinajstić information content (AvgIpc) is 2.38. The normalized spacial score (nSPS) is 20.6. The van der Waals surface area contributed by atoms with Gasteiger partial charge in [-0.3, -0.25) is 0 Å². The zero-order valence-corrected chi connectivity index (χ0v) is 9.77. The van der Waals surface area contributed by atoms with Crippen LogP contribution >= 0.6 is 0 Å². The Morgan fingerprint density at radius 3 is 2.82 bits per heavy atom. The summed E-state index contributed by atoms with van der Waals surface area (Å²) < 4.78 is 13.4. The van der Waals surface area contributed by atoms with E-state index < -0.39 is 0 Å². The molecule has 0 radical (unpaired) electrons. The van der Waals surface area contributed by atoms with Gasteiger partial charge in [-0.1, -0.05) is 0 Å². The first-order chi connectivity index (χ1) is 8.22. The number of hydrogen-bond donors (Lipinski definition) is 2. The van der Waals surface area contributed by atoms with Crippen LogP contribution in [-0.4, -0.2) is 29.9 Å². The summed E-state index contributed by atoms with van der Waals surface area (Å²) >= 11 is 0. The second-order valence-corrected chi connectivity index (χ2v) is 4.61. The van der Waals surface area contributed by atoms with Gasteiger partial charge < -0.3 is 15.1 Å². The lowest BCUT2D eigenvalue weighted by Gasteiger charge is -2.33. The number of anilines is 1. The number of piperidine rings is 1. The zero-order chi connectivity index (χ0) is 12.3. The fraction of sp³-hybridized carbons (Fsp3) is 0.538. The van der Waals surface area contributed by atoms with Gasteiger partial charge in [0.15, 0.2) is 0 Å². The van der Waals surface area contributed by atoms with Gasteiger partial charge in [0.2, 0.25) is 0 Å². The molecule has 1 heterocycles. The summed E-state index contributed by atoms with van der Waals surface area (Å²) in [5.41, 5.74) is 1.39. The number of rotatable bonds is 3. The van der Waals surface area contributed by atoms with Crippen LogP contribution in [0.4, 0.5) is 10.1 Å². The fourth-order valence-electron chi connectivity index (χ4n) is 2.36. The van der Waals surface area contributed by atoms with Gasteiger partial charge in [0.1, 0.15) is 5.82 Å². The summed E-state index contributed by atoms with van der Waals surface area (Å²) in [4.78, 5) is 2.08. The van der Waals surface area contributed by atoms with E-state index in [4.69, 9.17) is 5.11 Å². The molecule has 0 saturated carbocycles. The highest BCUT2D eigenvalue weighted by Crippen LogP contribution is 2.24. The van der Waals surface area contributed by atoms with E-state index >= 15 is 0 Å². The van der Waals surface area contributed by atoms with Crippen LogP contribution < -0.4 is 4.90 Å². The maximum atomic E-state index is 13.4. The molecular weight excluding hydrogens is 221 g/mol. The van der Waals surface area contributed by atoms with Gasteiger partial charge in [0.25, 0.3) is 0 Å². The average molecular weight is 239 g/mol. The van der Waals surface area contributed by atoms with Crippen LogP contribution in [0.15, 0.2) is 18.2 Å². The van der Waals surface area contributed by atoms with E-state index in [0.717, 1.165) is 31.6 Å². The second kappa shape index (κ2) is 5.47. The van der Waals surface area contributed by atoms with Crippen molar-refractivity contribution in [3.63, 3.8) is 0 Å². The highest BCUT2D eigenvalue weighted by Gasteiger charge is 2.20. The van der Waals surface area contributed by atoms with Gasteiger partial charge in [-0.25, -0.2) is 4.39 Å². The van der Waals surface area contributed by atoms with Crippen molar-refractivity contribution in [1.82, 2.24) is 0 Å². The van der Waals surface area contributed by atoms with Crippen LogP contribution in [0, 0.1) is 11.7 Å². The molecule has 0 spiro atoms. The van der Waals surface area contributed by atoms with Crippen molar-refractivity contribution in [2.75, 3.05) is 24.6 Å². The molecule has 17 heavy (non-hydrogen) atoms. The smallest absolute Gasteiger partial charge is 0.125 e. The molecule has 1 aliphatic rings. The Hall–Kier alpha value is -1.13. The topological polar surface area (TPSA) is 43.7 Å². The lowest BCUT2D eigenvalue weighted by atomic mass is 9.98. The Morgan fingerprint density at radius 2 is 2.12 bits per heavy atom. The van der Waals surface area contributed by atoms with Crippen LogP contribution in [0.3, 0.4) is 0 Å². The van der Waals surface area contributed by atoms with Gasteiger partial charge in [-0.05, 0) is 42.5 Å². The maximum absolute atomic E-state index is 13.4. The summed E-state index contributed by atoms with van der Waals surface area (Å²) in [6, 6.07) is 4.64. The molecule has 1 unspecified atom stereocenters. The molecule has 0 aromatic heterocycles. The molecule has 1 aromatic rings. The Morgan fingerprint density at radius 1 is 1.29 bits per heavy atom. The summed E-state index contributed by atoms with van der Waals surface area (Å²) in [6.45, 7) is 1.66. The van der Waals surface area contributed by atoms with Crippen molar-refractivity contribution in [3.8, 4) is 0 Å². The van der Waals surface area contributed by atoms with Crippen molar-refractivity contribution >= 4 is 5.69 Å². The van der Waals surface area contributed by atoms with E-state index in [-0.39, 0.29) is 24.9 Å². The number of aliphatic hydroxyl groups excluding tert-OH is 2. The quantitative estimate of drug-likeness (QED) is 0.840. The Bertz CT molecular complexity index is 384. The molecule has 0 bridgehead atoms. The minimum atomic E-state index is -0.322. The Kier molecular flexibility index (Phi) is 3.97. The third-order valence-corrected chi connectivity index (χ3v) is 3.27. The molecule has 0 amide bonds. The van der Waals surface area contributed by atoms with E-state index in [2.05, 4.69) is 4.90 Å². The van der Waals surface area contributed by atoms with Gasteiger partial charge in [0.05, 0.1) is 6.61 Å². The SMILES string of the molecule is OCc1cc(F)cc(N2CCCC(CO)C2)c1. The van der Waals surface area contributed by atoms with Crippen molar-refractivity contribution < 1.29 is 14.6 Å². The predicted molar refractivity (Wildman–Crippen MR) is 64.3 cm³/mol. The largest absolute Gasteiger partial charge is 0.396 e. The summed E-state index contributed by atoms with van der Waals surface area (Å²) in [7, 11) is 0. The number of aliphatic hydroxyl groups is 2. The molecule has 1 aliphatic heterocycles. The lowest BCUT2D eigenvalue weighted by Crippen LogP contribution is -2.36. The maximum Gasteiger partial charge on any atom is 0.125 e. The van der Waals surface area contributed by atoms with E-state index in [1.807, 2.05) is 6.07 Å². The molecule has 4 heteroatoms. The summed E-state index contributed by atoms with van der Waals surface area (Å²) in [6.07, 6.45) is 2.03. The Balaban J connectivity index is 2.18. The second-order valence-electron chi connectivity index (χ2n) is 4.61. The minimum absolute atomic E-state index is 0.151. The fourth-order valence-corrected chi connectivity index (χ4v) is 2.36. The summed E-state index contributed by atoms with van der Waals surface area (Å²) in [5, 5.41) is 18.2. The van der Waals surface area contributed by atoms with E-state index in [0.29, 0.717) is 5.56 Å². The minimum Gasteiger partial charge on any atom is -0.396 e. The summed E-state index contributed by atoms with van der Waals surface area (Å²) in [5.74, 6) is -0.0535. The third-order valence-electron chi connectivity index (χ3n) is 3.27. The van der Waals surface area contributed by atoms with Crippen LogP contribution in [0.2, 0.25) is 0 Å². The number of nitrogens with zero attached hydrogens (tertiary/aromatic N) is 1. The number of benzene rings is 1. The molecule has 1 aromatic carbocycles. The highest BCUT2D eigenvalue weighted by molar-refractivity contribution is 5.49. The van der Waals surface area contributed by atoms with Gasteiger partial charge in [-0.15, -0.1) is 0 Å². The predicted octanol–water partition coefficient (Wildman–Crippen LogP) is 1.53. The van der Waals surface area contributed by atoms with Crippen LogP contribution in [0.1, 0.15) is 18.4 Å². The van der Waals surface area contributed by atoms with Crippen LogP contribution in [0.25, 0.3) is 0 Å². The standard InChI is InChI=1S/C13H18FNO2/c14-12-4-11(9-17)5-13(6-12)15-3-1-2-10(7-15)8-16/h4-6,10,16-17H,1-3,7-9H2. The van der Waals surface area contributed by atoms with Crippen molar-refractivity contribution in [2.24, 2.45) is 5.92 Å². The van der Waals surface area contributed by atoms with Crippen LogP contribution in [-0.2, 0) is 6.61 Å². The molecule has 94 valence electrons. The molecule has 2 N–H and O–H groups in total. The van der Waals surface area contributed by atoms with Gasteiger partial charge in [-0.2, -0.15) is 0 Å². The molecular formula is C13H18FNO2. The third kappa shape index (κ3) is 2.96. The molecule has 2 rings (SSSR count). The molecule has 0 aliphatic carbocycles. The van der Waals surface area contributed by atoms with E-state index in [1.165, 1.54) is 12.1 Å². The van der Waals surface area contributed by atoms with Crippen LogP contribution in [0.5, 0.6) is 0 Å². The van der Waals surface area contributed by atoms with Crippen molar-refractivity contribution in [2.45, 2.75) is 19.4 Å². The lowest BCUT2D eigenvalue weighted by molar-refractivity contribution is 0.208. The zero-order valence-electron chi connectivity index (χ0n) is 9.77. The number of hydrogen-bond acceptors (Lipinski definition) is 3. The van der Waals surface area contributed by atoms with E-state index in [9.17, 15) is 9.50 Å². The molecule has 1 saturated heterocycles. The monoisotopic (exact) mass is 239 g/mol. The van der Waals surface area contributed by atoms with Crippen molar-refractivity contribution in [3.05, 3.63) is 29.6 Å². The Labute approximate surface area is 100 Å². The van der Waals surface area contributed by atoms with Crippen molar-refractivity contribution in [1.29, 1.82) is 0 Å². The highest BCUT2D eigenvalue weighted by atomic mass is 19.1. The first-order valence-electron chi connectivity index (χ1n) is 5.99. The molecule has 1 atom stereocenters. The van der Waals surface area contributed by atoms with Gasteiger partial charge >= 0.3 is 0 Å². The molecule has 3 nitrogen and oxygen atoms in total. The first-order valence-corrected chi connectivity index (χ1v) is 5.99. The number of halogens is 1.